The van der Waals surface area contributed by atoms with E-state index in [0.717, 1.165) is 5.56 Å². The largest absolute Gasteiger partial charge is 0.507 e. The minimum Gasteiger partial charge on any atom is -0.507 e. The molecule has 0 saturated carbocycles. The lowest BCUT2D eigenvalue weighted by molar-refractivity contribution is 0.292. The standard InChI is InChI=1S/C17H12ClFO2/c18-14-9-13-12(7-4-8-15(13)20)16(19)17(14)21-10-11-5-2-1-3-6-11/h1-9,20H,10H2. The van der Waals surface area contributed by atoms with Crippen LogP contribution in [0.4, 0.5) is 4.39 Å². The molecule has 0 aliphatic heterocycles. The van der Waals surface area contributed by atoms with Crippen LogP contribution in [0.15, 0.2) is 54.6 Å². The summed E-state index contributed by atoms with van der Waals surface area (Å²) in [5.74, 6) is -0.578. The Hall–Kier alpha value is -2.26. The summed E-state index contributed by atoms with van der Waals surface area (Å²) in [6, 6.07) is 15.6. The monoisotopic (exact) mass is 302 g/mol. The fourth-order valence-corrected chi connectivity index (χ4v) is 2.42. The van der Waals surface area contributed by atoms with Gasteiger partial charge in [0.25, 0.3) is 0 Å². The summed E-state index contributed by atoms with van der Waals surface area (Å²) in [6.45, 7) is 0.224. The molecule has 0 heterocycles. The van der Waals surface area contributed by atoms with Crippen LogP contribution in [-0.4, -0.2) is 5.11 Å². The zero-order chi connectivity index (χ0) is 14.8. The van der Waals surface area contributed by atoms with E-state index in [2.05, 4.69) is 0 Å². The normalized spacial score (nSPS) is 10.8. The quantitative estimate of drug-likeness (QED) is 0.744. The maximum atomic E-state index is 14.5. The summed E-state index contributed by atoms with van der Waals surface area (Å²) < 4.78 is 20.0. The van der Waals surface area contributed by atoms with E-state index in [9.17, 15) is 9.50 Å². The second-order valence-electron chi connectivity index (χ2n) is 4.65. The maximum Gasteiger partial charge on any atom is 0.174 e. The van der Waals surface area contributed by atoms with Gasteiger partial charge in [-0.25, -0.2) is 4.39 Å². The molecular formula is C17H12ClFO2. The average molecular weight is 303 g/mol. The smallest absolute Gasteiger partial charge is 0.174 e. The predicted molar refractivity (Wildman–Crippen MR) is 81.4 cm³/mol. The Bertz CT molecular complexity index is 788. The molecule has 0 atom stereocenters. The molecule has 4 heteroatoms. The Balaban J connectivity index is 1.99. The van der Waals surface area contributed by atoms with Crippen LogP contribution in [0.1, 0.15) is 5.56 Å². The minimum atomic E-state index is -0.565. The number of rotatable bonds is 3. The highest BCUT2D eigenvalue weighted by Gasteiger charge is 2.15. The van der Waals surface area contributed by atoms with Crippen LogP contribution >= 0.6 is 11.6 Å². The van der Waals surface area contributed by atoms with Crippen molar-refractivity contribution in [1.29, 1.82) is 0 Å². The number of phenolic OH excluding ortho intramolecular Hbond substituents is 1. The fourth-order valence-electron chi connectivity index (χ4n) is 2.18. The van der Waals surface area contributed by atoms with Gasteiger partial charge in [-0.1, -0.05) is 54.1 Å². The zero-order valence-corrected chi connectivity index (χ0v) is 11.8. The lowest BCUT2D eigenvalue weighted by Gasteiger charge is -2.12. The van der Waals surface area contributed by atoms with E-state index in [1.807, 2.05) is 30.3 Å². The highest BCUT2D eigenvalue weighted by molar-refractivity contribution is 6.33. The van der Waals surface area contributed by atoms with Crippen LogP contribution in [0.2, 0.25) is 5.02 Å². The van der Waals surface area contributed by atoms with E-state index in [4.69, 9.17) is 16.3 Å². The van der Waals surface area contributed by atoms with Crippen molar-refractivity contribution in [2.75, 3.05) is 0 Å². The molecule has 0 bridgehead atoms. The van der Waals surface area contributed by atoms with E-state index in [0.29, 0.717) is 5.39 Å². The third kappa shape index (κ3) is 2.65. The Morgan fingerprint density at radius 3 is 2.52 bits per heavy atom. The number of aromatic hydroxyl groups is 1. The molecule has 0 aliphatic carbocycles. The van der Waals surface area contributed by atoms with Crippen molar-refractivity contribution in [3.63, 3.8) is 0 Å². The lowest BCUT2D eigenvalue weighted by Crippen LogP contribution is -1.98. The molecule has 0 radical (unpaired) electrons. The first-order valence-electron chi connectivity index (χ1n) is 6.43. The van der Waals surface area contributed by atoms with Gasteiger partial charge in [-0.05, 0) is 17.7 Å². The van der Waals surface area contributed by atoms with Crippen molar-refractivity contribution in [2.24, 2.45) is 0 Å². The maximum absolute atomic E-state index is 14.5. The second kappa shape index (κ2) is 5.62. The molecule has 0 spiro atoms. The van der Waals surface area contributed by atoms with Gasteiger partial charge >= 0.3 is 0 Å². The van der Waals surface area contributed by atoms with Crippen LogP contribution in [0.3, 0.4) is 0 Å². The minimum absolute atomic E-state index is 0.00128. The third-order valence-corrected chi connectivity index (χ3v) is 3.51. The van der Waals surface area contributed by atoms with Crippen molar-refractivity contribution in [3.8, 4) is 11.5 Å². The van der Waals surface area contributed by atoms with Crippen molar-refractivity contribution in [3.05, 3.63) is 71.0 Å². The molecule has 0 aliphatic rings. The van der Waals surface area contributed by atoms with Gasteiger partial charge < -0.3 is 9.84 Å². The van der Waals surface area contributed by atoms with Crippen LogP contribution in [0, 0.1) is 5.82 Å². The Morgan fingerprint density at radius 1 is 1.00 bits per heavy atom. The number of halogens is 2. The molecule has 3 aromatic carbocycles. The summed E-state index contributed by atoms with van der Waals surface area (Å²) in [4.78, 5) is 0. The molecule has 0 fully saturated rings. The number of hydrogen-bond acceptors (Lipinski definition) is 2. The molecule has 3 rings (SSSR count). The van der Waals surface area contributed by atoms with Gasteiger partial charge in [0.1, 0.15) is 12.4 Å². The summed E-state index contributed by atoms with van der Waals surface area (Å²) in [5, 5.41) is 10.5. The van der Waals surface area contributed by atoms with E-state index < -0.39 is 5.82 Å². The molecule has 0 unspecified atom stereocenters. The van der Waals surface area contributed by atoms with Crippen LogP contribution in [-0.2, 0) is 6.61 Å². The van der Waals surface area contributed by atoms with E-state index >= 15 is 0 Å². The van der Waals surface area contributed by atoms with Gasteiger partial charge in [0, 0.05) is 10.8 Å². The average Bonchev–Trinajstić information content (AvgIpc) is 2.49. The van der Waals surface area contributed by atoms with Crippen molar-refractivity contribution in [2.45, 2.75) is 6.61 Å². The first kappa shape index (κ1) is 13.7. The van der Waals surface area contributed by atoms with Crippen molar-refractivity contribution >= 4 is 22.4 Å². The highest BCUT2D eigenvalue weighted by atomic mass is 35.5. The van der Waals surface area contributed by atoms with Crippen LogP contribution in [0.25, 0.3) is 10.8 Å². The SMILES string of the molecule is Oc1cccc2c(F)c(OCc3ccccc3)c(Cl)cc12. The summed E-state index contributed by atoms with van der Waals surface area (Å²) in [5.41, 5.74) is 0.920. The topological polar surface area (TPSA) is 29.5 Å². The first-order valence-corrected chi connectivity index (χ1v) is 6.81. The molecule has 0 amide bonds. The zero-order valence-electron chi connectivity index (χ0n) is 11.0. The summed E-state index contributed by atoms with van der Waals surface area (Å²) >= 11 is 6.07. The van der Waals surface area contributed by atoms with Gasteiger partial charge in [0.2, 0.25) is 0 Å². The lowest BCUT2D eigenvalue weighted by atomic mass is 10.1. The van der Waals surface area contributed by atoms with E-state index in [-0.39, 0.29) is 28.5 Å². The van der Waals surface area contributed by atoms with Crippen LogP contribution in [0.5, 0.6) is 11.5 Å². The number of ether oxygens (including phenoxy) is 1. The fraction of sp³-hybridized carbons (Fsp3) is 0.0588. The summed E-state index contributed by atoms with van der Waals surface area (Å²) in [6.07, 6.45) is 0. The Kier molecular flexibility index (Phi) is 3.67. The number of hydrogen-bond donors (Lipinski definition) is 1. The van der Waals surface area contributed by atoms with Gasteiger partial charge in [-0.3, -0.25) is 0 Å². The molecule has 21 heavy (non-hydrogen) atoms. The molecule has 2 nitrogen and oxygen atoms in total. The molecule has 3 aromatic rings. The molecule has 0 saturated heterocycles. The number of benzene rings is 3. The number of fused-ring (bicyclic) bond motifs is 1. The number of phenols is 1. The van der Waals surface area contributed by atoms with Crippen LogP contribution < -0.4 is 4.74 Å². The highest BCUT2D eigenvalue weighted by Crippen LogP contribution is 2.37. The van der Waals surface area contributed by atoms with E-state index in [1.165, 1.54) is 12.1 Å². The Labute approximate surface area is 126 Å². The third-order valence-electron chi connectivity index (χ3n) is 3.23. The predicted octanol–water partition coefficient (Wildman–Crippen LogP) is 4.92. The molecule has 1 N–H and O–H groups in total. The summed E-state index contributed by atoms with van der Waals surface area (Å²) in [7, 11) is 0. The van der Waals surface area contributed by atoms with Gasteiger partial charge in [-0.15, -0.1) is 0 Å². The first-order chi connectivity index (χ1) is 10.2. The molecular weight excluding hydrogens is 291 g/mol. The van der Waals surface area contributed by atoms with Crippen molar-refractivity contribution < 1.29 is 14.2 Å². The molecule has 0 aromatic heterocycles. The van der Waals surface area contributed by atoms with Gasteiger partial charge in [-0.2, -0.15) is 0 Å². The van der Waals surface area contributed by atoms with Gasteiger partial charge in [0.15, 0.2) is 11.6 Å². The van der Waals surface area contributed by atoms with Gasteiger partial charge in [0.05, 0.1) is 5.02 Å². The Morgan fingerprint density at radius 2 is 1.76 bits per heavy atom. The van der Waals surface area contributed by atoms with E-state index in [1.54, 1.807) is 12.1 Å². The second-order valence-corrected chi connectivity index (χ2v) is 5.06. The van der Waals surface area contributed by atoms with Crippen molar-refractivity contribution in [1.82, 2.24) is 0 Å². The molecule has 106 valence electrons.